The Labute approximate surface area is 167 Å². The van der Waals surface area contributed by atoms with Crippen LogP contribution in [0.3, 0.4) is 0 Å². The van der Waals surface area contributed by atoms with Crippen molar-refractivity contribution < 1.29 is 9.47 Å². The summed E-state index contributed by atoms with van der Waals surface area (Å²) in [5.74, 6) is 2.36. The van der Waals surface area contributed by atoms with Crippen molar-refractivity contribution in [1.82, 2.24) is 10.2 Å². The molecule has 2 aromatic rings. The fraction of sp³-hybridized carbons (Fsp3) is 0.545. The lowest BCUT2D eigenvalue weighted by Crippen LogP contribution is -2.43. The fourth-order valence-corrected chi connectivity index (χ4v) is 4.20. The van der Waals surface area contributed by atoms with Gasteiger partial charge < -0.3 is 19.7 Å². The molecule has 2 heterocycles. The molecule has 1 saturated heterocycles. The van der Waals surface area contributed by atoms with Gasteiger partial charge in [0, 0.05) is 24.0 Å². The molecule has 27 heavy (non-hydrogen) atoms. The summed E-state index contributed by atoms with van der Waals surface area (Å²) in [7, 11) is 1.70. The summed E-state index contributed by atoms with van der Waals surface area (Å²) in [5, 5.41) is 5.78. The maximum absolute atomic E-state index is 5.92. The molecule has 0 radical (unpaired) electrons. The maximum Gasteiger partial charge on any atom is 0.161 e. The second-order valence-electron chi connectivity index (χ2n) is 7.70. The Morgan fingerprint density at radius 1 is 1.19 bits per heavy atom. The van der Waals surface area contributed by atoms with Crippen LogP contribution >= 0.6 is 11.3 Å². The van der Waals surface area contributed by atoms with Crippen LogP contribution in [0.4, 0.5) is 0 Å². The fourth-order valence-electron chi connectivity index (χ4n) is 3.58. The largest absolute Gasteiger partial charge is 0.493 e. The van der Waals surface area contributed by atoms with Gasteiger partial charge in [0.1, 0.15) is 6.61 Å². The van der Waals surface area contributed by atoms with Crippen LogP contribution in [-0.2, 0) is 13.2 Å². The van der Waals surface area contributed by atoms with Gasteiger partial charge in [-0.15, -0.1) is 11.3 Å². The maximum atomic E-state index is 5.92. The van der Waals surface area contributed by atoms with Crippen molar-refractivity contribution >= 4 is 11.3 Å². The van der Waals surface area contributed by atoms with Crippen LogP contribution < -0.4 is 14.8 Å². The number of nitrogens with zero attached hydrogens (tertiary/aromatic N) is 1. The molecule has 0 spiro atoms. The van der Waals surface area contributed by atoms with E-state index in [-0.39, 0.29) is 0 Å². The molecule has 1 fully saturated rings. The quantitative estimate of drug-likeness (QED) is 0.683. The van der Waals surface area contributed by atoms with Gasteiger partial charge in [-0.1, -0.05) is 26.0 Å². The number of methoxy groups -OCH3 is 1. The van der Waals surface area contributed by atoms with Crippen molar-refractivity contribution in [3.05, 3.63) is 46.2 Å². The number of hydrogen-bond acceptors (Lipinski definition) is 5. The lowest BCUT2D eigenvalue weighted by Gasteiger charge is -2.33. The van der Waals surface area contributed by atoms with Crippen LogP contribution in [0.5, 0.6) is 11.5 Å². The van der Waals surface area contributed by atoms with Crippen molar-refractivity contribution in [2.75, 3.05) is 26.7 Å². The van der Waals surface area contributed by atoms with Gasteiger partial charge >= 0.3 is 0 Å². The first-order valence-corrected chi connectivity index (χ1v) is 10.8. The predicted molar refractivity (Wildman–Crippen MR) is 113 cm³/mol. The highest BCUT2D eigenvalue weighted by Gasteiger charge is 2.19. The zero-order valence-corrected chi connectivity index (χ0v) is 17.6. The molecule has 0 bridgehead atoms. The number of hydrogen-bond donors (Lipinski definition) is 1. The van der Waals surface area contributed by atoms with Gasteiger partial charge in [-0.2, -0.15) is 0 Å². The lowest BCUT2D eigenvalue weighted by atomic mass is 10.0. The number of nitrogens with one attached hydrogen (secondary N) is 1. The van der Waals surface area contributed by atoms with E-state index in [0.717, 1.165) is 24.0 Å². The summed E-state index contributed by atoms with van der Waals surface area (Å²) < 4.78 is 11.5. The molecule has 148 valence electrons. The van der Waals surface area contributed by atoms with Crippen molar-refractivity contribution in [3.63, 3.8) is 0 Å². The summed E-state index contributed by atoms with van der Waals surface area (Å²) in [5.41, 5.74) is 1.24. The summed E-state index contributed by atoms with van der Waals surface area (Å²) in [6.07, 6.45) is 2.46. The highest BCUT2D eigenvalue weighted by molar-refractivity contribution is 7.09. The number of ether oxygens (including phenoxy) is 2. The van der Waals surface area contributed by atoms with Crippen molar-refractivity contribution in [2.24, 2.45) is 5.92 Å². The number of benzene rings is 1. The predicted octanol–water partition coefficient (Wildman–Crippen LogP) is 4.55. The molecule has 4 nitrogen and oxygen atoms in total. The van der Waals surface area contributed by atoms with E-state index in [4.69, 9.17) is 9.47 Å². The molecular weight excluding hydrogens is 356 g/mol. The highest BCUT2D eigenvalue weighted by atomic mass is 32.1. The summed E-state index contributed by atoms with van der Waals surface area (Å²) in [6, 6.07) is 11.0. The van der Waals surface area contributed by atoms with Crippen LogP contribution in [0.1, 0.15) is 37.1 Å². The number of thiophene rings is 1. The van der Waals surface area contributed by atoms with Crippen molar-refractivity contribution in [1.29, 1.82) is 0 Å². The van der Waals surface area contributed by atoms with E-state index in [2.05, 4.69) is 47.6 Å². The van der Waals surface area contributed by atoms with E-state index in [0.29, 0.717) is 12.6 Å². The third-order valence-corrected chi connectivity index (χ3v) is 5.83. The third-order valence-electron chi connectivity index (χ3n) is 4.98. The Kier molecular flexibility index (Phi) is 7.56. The molecule has 0 aliphatic carbocycles. The molecule has 1 aliphatic heterocycles. The van der Waals surface area contributed by atoms with Crippen LogP contribution in [0.25, 0.3) is 0 Å². The van der Waals surface area contributed by atoms with Crippen LogP contribution in [0.15, 0.2) is 35.7 Å². The first kappa shape index (κ1) is 20.2. The Bertz CT molecular complexity index is 680. The molecule has 0 unspecified atom stereocenters. The van der Waals surface area contributed by atoms with E-state index >= 15 is 0 Å². The van der Waals surface area contributed by atoms with Crippen molar-refractivity contribution in [2.45, 2.75) is 45.9 Å². The minimum atomic E-state index is 0.584. The van der Waals surface area contributed by atoms with Crippen LogP contribution in [0, 0.1) is 5.92 Å². The van der Waals surface area contributed by atoms with E-state index in [1.54, 1.807) is 18.4 Å². The lowest BCUT2D eigenvalue weighted by molar-refractivity contribution is 0.179. The molecule has 1 aromatic carbocycles. The monoisotopic (exact) mass is 388 g/mol. The van der Waals surface area contributed by atoms with Crippen molar-refractivity contribution in [3.8, 4) is 11.5 Å². The first-order chi connectivity index (χ1) is 13.1. The SMILES string of the molecule is COc1cc(CNC2CCN(CC(C)C)CC2)ccc1OCc1cccs1. The second kappa shape index (κ2) is 10.1. The Morgan fingerprint density at radius 3 is 2.67 bits per heavy atom. The summed E-state index contributed by atoms with van der Waals surface area (Å²) in [6.45, 7) is 9.67. The van der Waals surface area contributed by atoms with Gasteiger partial charge in [-0.3, -0.25) is 0 Å². The minimum absolute atomic E-state index is 0.584. The van der Waals surface area contributed by atoms with Gasteiger partial charge in [-0.25, -0.2) is 0 Å². The number of rotatable bonds is 9. The third kappa shape index (κ3) is 6.23. The van der Waals surface area contributed by atoms with Gasteiger partial charge in [0.05, 0.1) is 7.11 Å². The summed E-state index contributed by atoms with van der Waals surface area (Å²) in [4.78, 5) is 3.80. The molecule has 1 aromatic heterocycles. The molecule has 1 N–H and O–H groups in total. The number of piperidine rings is 1. The van der Waals surface area contributed by atoms with Gasteiger partial charge in [0.15, 0.2) is 11.5 Å². The number of likely N-dealkylation sites (tertiary alicyclic amines) is 1. The van der Waals surface area contributed by atoms with Gasteiger partial charge in [0.25, 0.3) is 0 Å². The zero-order chi connectivity index (χ0) is 19.1. The van der Waals surface area contributed by atoms with Gasteiger partial charge in [0.2, 0.25) is 0 Å². The summed E-state index contributed by atoms with van der Waals surface area (Å²) >= 11 is 1.71. The molecule has 5 heteroatoms. The molecule has 0 atom stereocenters. The van der Waals surface area contributed by atoms with E-state index in [1.807, 2.05) is 12.1 Å². The average molecular weight is 389 g/mol. The topological polar surface area (TPSA) is 33.7 Å². The minimum Gasteiger partial charge on any atom is -0.493 e. The molecular formula is C22H32N2O2S. The smallest absolute Gasteiger partial charge is 0.161 e. The highest BCUT2D eigenvalue weighted by Crippen LogP contribution is 2.29. The Morgan fingerprint density at radius 2 is 2.00 bits per heavy atom. The second-order valence-corrected chi connectivity index (χ2v) is 8.74. The molecule has 3 rings (SSSR count). The zero-order valence-electron chi connectivity index (χ0n) is 16.7. The van der Waals surface area contributed by atoms with Gasteiger partial charge in [-0.05, 0) is 61.0 Å². The van der Waals surface area contributed by atoms with E-state index < -0.39 is 0 Å². The molecule has 1 aliphatic rings. The normalized spacial score (nSPS) is 16.0. The van der Waals surface area contributed by atoms with E-state index in [1.165, 1.54) is 42.9 Å². The van der Waals surface area contributed by atoms with Crippen LogP contribution in [0.2, 0.25) is 0 Å². The average Bonchev–Trinajstić information content (AvgIpc) is 3.19. The Hall–Kier alpha value is -1.56. The molecule has 0 saturated carbocycles. The molecule has 0 amide bonds. The standard InChI is InChI=1S/C22H32N2O2S/c1-17(2)15-24-10-8-19(9-11-24)23-14-18-6-7-21(22(13-18)25-3)26-16-20-5-4-12-27-20/h4-7,12-13,17,19,23H,8-11,14-16H2,1-3H3. The first-order valence-electron chi connectivity index (χ1n) is 9.92. The Balaban J connectivity index is 1.47. The van der Waals surface area contributed by atoms with E-state index in [9.17, 15) is 0 Å². The van der Waals surface area contributed by atoms with Crippen LogP contribution in [-0.4, -0.2) is 37.7 Å².